The Bertz CT molecular complexity index is 353. The van der Waals surface area contributed by atoms with Crippen LogP contribution in [0.5, 0.6) is 0 Å². The molecule has 1 aromatic rings. The molecule has 6 heteroatoms. The lowest BCUT2D eigenvalue weighted by Crippen LogP contribution is -2.28. The summed E-state index contributed by atoms with van der Waals surface area (Å²) in [7, 11) is 1.93. The zero-order valence-electron chi connectivity index (χ0n) is 10.3. The van der Waals surface area contributed by atoms with Gasteiger partial charge in [-0.15, -0.1) is 0 Å². The van der Waals surface area contributed by atoms with Gasteiger partial charge in [0.05, 0.1) is 0 Å². The summed E-state index contributed by atoms with van der Waals surface area (Å²) in [6.07, 6.45) is 0. The second-order valence-corrected chi connectivity index (χ2v) is 4.57. The van der Waals surface area contributed by atoms with Crippen molar-refractivity contribution in [2.45, 2.75) is 39.8 Å². The fourth-order valence-corrected chi connectivity index (χ4v) is 1.21. The van der Waals surface area contributed by atoms with Crippen LogP contribution in [0.2, 0.25) is 5.28 Å². The molecule has 0 fully saturated rings. The predicted molar refractivity (Wildman–Crippen MR) is 67.1 cm³/mol. The van der Waals surface area contributed by atoms with E-state index in [-0.39, 0.29) is 11.3 Å². The van der Waals surface area contributed by atoms with Gasteiger partial charge in [0, 0.05) is 19.1 Å². The predicted octanol–water partition coefficient (Wildman–Crippen LogP) is 2.19. The van der Waals surface area contributed by atoms with Crippen molar-refractivity contribution in [3.8, 4) is 0 Å². The van der Waals surface area contributed by atoms with Gasteiger partial charge in [-0.05, 0) is 39.3 Å². The largest absolute Gasteiger partial charge is 0.352 e. The van der Waals surface area contributed by atoms with E-state index in [4.69, 9.17) is 11.6 Å². The van der Waals surface area contributed by atoms with Crippen LogP contribution in [0.15, 0.2) is 0 Å². The number of hydrogen-bond acceptors (Lipinski definition) is 5. The van der Waals surface area contributed by atoms with Crippen molar-refractivity contribution in [3.63, 3.8) is 0 Å². The highest BCUT2D eigenvalue weighted by Gasteiger charge is 2.12. The summed E-state index contributed by atoms with van der Waals surface area (Å²) in [5.74, 6) is 1.09. The van der Waals surface area contributed by atoms with E-state index in [9.17, 15) is 0 Å². The molecule has 0 atom stereocenters. The van der Waals surface area contributed by atoms with Gasteiger partial charge in [0.25, 0.3) is 0 Å². The highest BCUT2D eigenvalue weighted by Crippen LogP contribution is 2.14. The van der Waals surface area contributed by atoms with Gasteiger partial charge in [-0.3, -0.25) is 0 Å². The molecule has 0 amide bonds. The average Bonchev–Trinajstić information content (AvgIpc) is 2.14. The zero-order chi connectivity index (χ0) is 12.3. The van der Waals surface area contributed by atoms with Crippen molar-refractivity contribution in [2.24, 2.45) is 0 Å². The van der Waals surface area contributed by atoms with Crippen LogP contribution in [0.3, 0.4) is 0 Å². The van der Waals surface area contributed by atoms with Gasteiger partial charge in [0.1, 0.15) is 0 Å². The molecular formula is C10H18ClN5. The smallest absolute Gasteiger partial charge is 0.231 e. The second kappa shape index (κ2) is 5.30. The van der Waals surface area contributed by atoms with E-state index in [0.717, 1.165) is 0 Å². The standard InChI is InChI=1S/C10H18ClN5/c1-6(2)12-9-13-8(11)14-10(15-9)16(5)7(3)4/h6-7H,1-5H3,(H,12,13,14,15). The number of hydrogen-bond donors (Lipinski definition) is 1. The quantitative estimate of drug-likeness (QED) is 0.879. The monoisotopic (exact) mass is 243 g/mol. The third-order valence-electron chi connectivity index (χ3n) is 2.10. The second-order valence-electron chi connectivity index (χ2n) is 4.23. The number of halogens is 1. The Kier molecular flexibility index (Phi) is 4.29. The maximum Gasteiger partial charge on any atom is 0.231 e. The molecule has 1 N–H and O–H groups in total. The summed E-state index contributed by atoms with van der Waals surface area (Å²) >= 11 is 5.85. The van der Waals surface area contributed by atoms with E-state index in [1.54, 1.807) is 0 Å². The van der Waals surface area contributed by atoms with Crippen molar-refractivity contribution in [1.29, 1.82) is 0 Å². The fourth-order valence-electron chi connectivity index (χ4n) is 1.05. The Hall–Kier alpha value is -1.10. The third-order valence-corrected chi connectivity index (χ3v) is 2.27. The van der Waals surface area contributed by atoms with Crippen LogP contribution < -0.4 is 10.2 Å². The number of anilines is 2. The molecular weight excluding hydrogens is 226 g/mol. The van der Waals surface area contributed by atoms with Gasteiger partial charge in [-0.1, -0.05) is 0 Å². The normalized spacial score (nSPS) is 11.0. The van der Waals surface area contributed by atoms with Crippen LogP contribution in [0.4, 0.5) is 11.9 Å². The lowest BCUT2D eigenvalue weighted by atomic mass is 10.4. The molecule has 0 bridgehead atoms. The summed E-state index contributed by atoms with van der Waals surface area (Å²) in [4.78, 5) is 14.4. The number of nitrogens with zero attached hydrogens (tertiary/aromatic N) is 4. The van der Waals surface area contributed by atoms with Crippen molar-refractivity contribution in [2.75, 3.05) is 17.3 Å². The van der Waals surface area contributed by atoms with Crippen molar-refractivity contribution >= 4 is 23.5 Å². The van der Waals surface area contributed by atoms with Crippen molar-refractivity contribution in [3.05, 3.63) is 5.28 Å². The molecule has 1 heterocycles. The Morgan fingerprint density at radius 3 is 2.25 bits per heavy atom. The molecule has 1 aromatic heterocycles. The average molecular weight is 244 g/mol. The summed E-state index contributed by atoms with van der Waals surface area (Å²) in [5.41, 5.74) is 0. The maximum absolute atomic E-state index is 5.85. The van der Waals surface area contributed by atoms with Crippen molar-refractivity contribution in [1.82, 2.24) is 15.0 Å². The lowest BCUT2D eigenvalue weighted by molar-refractivity contribution is 0.724. The van der Waals surface area contributed by atoms with Gasteiger partial charge >= 0.3 is 0 Å². The molecule has 1 rings (SSSR count). The van der Waals surface area contributed by atoms with Crippen molar-refractivity contribution < 1.29 is 0 Å². The van der Waals surface area contributed by atoms with Crippen LogP contribution in [-0.2, 0) is 0 Å². The molecule has 16 heavy (non-hydrogen) atoms. The third kappa shape index (κ3) is 3.48. The molecule has 0 saturated heterocycles. The zero-order valence-corrected chi connectivity index (χ0v) is 11.1. The first kappa shape index (κ1) is 13.0. The van der Waals surface area contributed by atoms with Crippen LogP contribution in [-0.4, -0.2) is 34.1 Å². The van der Waals surface area contributed by atoms with E-state index in [0.29, 0.717) is 17.9 Å². The summed E-state index contributed by atoms with van der Waals surface area (Å²) < 4.78 is 0. The molecule has 0 radical (unpaired) electrons. The Morgan fingerprint density at radius 2 is 1.75 bits per heavy atom. The number of rotatable bonds is 4. The summed E-state index contributed by atoms with van der Waals surface area (Å²) in [6, 6.07) is 0.570. The molecule has 0 aliphatic heterocycles. The van der Waals surface area contributed by atoms with E-state index < -0.39 is 0 Å². The fraction of sp³-hybridized carbons (Fsp3) is 0.700. The Balaban J connectivity index is 2.98. The maximum atomic E-state index is 5.85. The summed E-state index contributed by atoms with van der Waals surface area (Å²) in [5, 5.41) is 3.32. The molecule has 0 aromatic carbocycles. The first-order chi connectivity index (χ1) is 7.40. The molecule has 0 unspecified atom stereocenters. The summed E-state index contributed by atoms with van der Waals surface area (Å²) in [6.45, 7) is 8.16. The molecule has 0 saturated carbocycles. The van der Waals surface area contributed by atoms with Crippen LogP contribution in [0.1, 0.15) is 27.7 Å². The van der Waals surface area contributed by atoms with Crippen LogP contribution >= 0.6 is 11.6 Å². The van der Waals surface area contributed by atoms with E-state index in [2.05, 4.69) is 34.1 Å². The Morgan fingerprint density at radius 1 is 1.12 bits per heavy atom. The Labute approximate surface area is 101 Å². The van der Waals surface area contributed by atoms with E-state index in [1.165, 1.54) is 0 Å². The van der Waals surface area contributed by atoms with Gasteiger partial charge < -0.3 is 10.2 Å². The van der Waals surface area contributed by atoms with Crippen LogP contribution in [0, 0.1) is 0 Å². The number of aromatic nitrogens is 3. The highest BCUT2D eigenvalue weighted by molar-refractivity contribution is 6.28. The number of nitrogens with one attached hydrogen (secondary N) is 1. The minimum Gasteiger partial charge on any atom is -0.352 e. The van der Waals surface area contributed by atoms with Gasteiger partial charge in [0.15, 0.2) is 0 Å². The molecule has 0 spiro atoms. The van der Waals surface area contributed by atoms with E-state index >= 15 is 0 Å². The minimum absolute atomic E-state index is 0.209. The topological polar surface area (TPSA) is 53.9 Å². The highest BCUT2D eigenvalue weighted by atomic mass is 35.5. The molecule has 0 aliphatic carbocycles. The van der Waals surface area contributed by atoms with Gasteiger partial charge in [0.2, 0.25) is 17.2 Å². The van der Waals surface area contributed by atoms with E-state index in [1.807, 2.05) is 25.8 Å². The van der Waals surface area contributed by atoms with Gasteiger partial charge in [-0.2, -0.15) is 15.0 Å². The van der Waals surface area contributed by atoms with Crippen LogP contribution in [0.25, 0.3) is 0 Å². The molecule has 90 valence electrons. The first-order valence-corrected chi connectivity index (χ1v) is 5.69. The minimum atomic E-state index is 0.209. The van der Waals surface area contributed by atoms with Gasteiger partial charge in [-0.25, -0.2) is 0 Å². The molecule has 5 nitrogen and oxygen atoms in total. The first-order valence-electron chi connectivity index (χ1n) is 5.31. The lowest BCUT2D eigenvalue weighted by Gasteiger charge is -2.21. The molecule has 0 aliphatic rings. The SMILES string of the molecule is CC(C)Nc1nc(Cl)nc(N(C)C(C)C)n1.